The van der Waals surface area contributed by atoms with E-state index in [1.54, 1.807) is 0 Å². The fraction of sp³-hybridized carbons (Fsp3) is 0.462. The molecule has 2 rings (SSSR count). The summed E-state index contributed by atoms with van der Waals surface area (Å²) in [6, 6.07) is 3.26. The van der Waals surface area contributed by atoms with Gasteiger partial charge in [0.05, 0.1) is 0 Å². The van der Waals surface area contributed by atoms with Crippen molar-refractivity contribution in [2.24, 2.45) is 0 Å². The summed E-state index contributed by atoms with van der Waals surface area (Å²) >= 11 is 0. The Kier molecular flexibility index (Phi) is 4.11. The highest BCUT2D eigenvalue weighted by Gasteiger charge is 2.39. The molecule has 104 valence electrons. The van der Waals surface area contributed by atoms with Gasteiger partial charge in [-0.05, 0) is 38.1 Å². The standard InChI is InChI=1S/C13H16F2N2O2/c1-19-13(4-6-16-7-5-13)12(18)17-9-2-3-10(14)11(15)8-9/h2-3,8,16H,4-7H2,1H3,(H,17,18). The molecule has 0 bridgehead atoms. The second-order valence-corrected chi connectivity index (χ2v) is 4.53. The van der Waals surface area contributed by atoms with Gasteiger partial charge in [0, 0.05) is 18.9 Å². The smallest absolute Gasteiger partial charge is 0.256 e. The van der Waals surface area contributed by atoms with Crippen LogP contribution in [-0.4, -0.2) is 31.7 Å². The van der Waals surface area contributed by atoms with E-state index in [4.69, 9.17) is 4.74 Å². The average molecular weight is 270 g/mol. The number of halogens is 2. The summed E-state index contributed by atoms with van der Waals surface area (Å²) in [5.41, 5.74) is -0.685. The van der Waals surface area contributed by atoms with Crippen molar-refractivity contribution < 1.29 is 18.3 Å². The van der Waals surface area contributed by atoms with Crippen molar-refractivity contribution in [1.82, 2.24) is 5.32 Å². The van der Waals surface area contributed by atoms with Crippen LogP contribution in [-0.2, 0) is 9.53 Å². The SMILES string of the molecule is COC1(C(=O)Nc2ccc(F)c(F)c2)CCNCC1. The van der Waals surface area contributed by atoms with E-state index in [-0.39, 0.29) is 11.6 Å². The maximum atomic E-state index is 13.1. The van der Waals surface area contributed by atoms with Crippen LogP contribution in [0.25, 0.3) is 0 Å². The molecule has 1 aromatic carbocycles. The van der Waals surface area contributed by atoms with Crippen LogP contribution in [0.5, 0.6) is 0 Å². The van der Waals surface area contributed by atoms with E-state index < -0.39 is 17.2 Å². The molecule has 6 heteroatoms. The zero-order chi connectivity index (χ0) is 13.9. The van der Waals surface area contributed by atoms with Gasteiger partial charge in [-0.25, -0.2) is 8.78 Å². The molecular formula is C13H16F2N2O2. The number of rotatable bonds is 3. The predicted molar refractivity (Wildman–Crippen MR) is 66.8 cm³/mol. The summed E-state index contributed by atoms with van der Waals surface area (Å²) in [7, 11) is 1.48. The molecule has 1 amide bonds. The Morgan fingerprint density at radius 1 is 1.32 bits per heavy atom. The number of methoxy groups -OCH3 is 1. The number of nitrogens with one attached hydrogen (secondary N) is 2. The molecule has 0 radical (unpaired) electrons. The topological polar surface area (TPSA) is 50.4 Å². The number of ether oxygens (including phenoxy) is 1. The van der Waals surface area contributed by atoms with Crippen LogP contribution < -0.4 is 10.6 Å². The minimum absolute atomic E-state index is 0.221. The van der Waals surface area contributed by atoms with Crippen molar-refractivity contribution in [3.8, 4) is 0 Å². The summed E-state index contributed by atoms with van der Waals surface area (Å²) in [5.74, 6) is -2.27. The first-order valence-corrected chi connectivity index (χ1v) is 6.10. The normalized spacial score (nSPS) is 18.1. The lowest BCUT2D eigenvalue weighted by molar-refractivity contribution is -0.140. The number of piperidine rings is 1. The molecule has 2 N–H and O–H groups in total. The fourth-order valence-electron chi connectivity index (χ4n) is 2.17. The van der Waals surface area contributed by atoms with E-state index in [0.717, 1.165) is 12.1 Å². The Morgan fingerprint density at radius 3 is 2.58 bits per heavy atom. The molecule has 0 spiro atoms. The van der Waals surface area contributed by atoms with Crippen LogP contribution in [0, 0.1) is 11.6 Å². The quantitative estimate of drug-likeness (QED) is 0.878. The van der Waals surface area contributed by atoms with Crippen molar-refractivity contribution in [2.45, 2.75) is 18.4 Å². The number of carbonyl (C=O) groups is 1. The lowest BCUT2D eigenvalue weighted by atomic mass is 9.91. The summed E-state index contributed by atoms with van der Waals surface area (Å²) in [6.45, 7) is 1.36. The van der Waals surface area contributed by atoms with Gasteiger partial charge in [0.2, 0.25) is 0 Å². The van der Waals surface area contributed by atoms with Gasteiger partial charge >= 0.3 is 0 Å². The van der Waals surface area contributed by atoms with Crippen LogP contribution in [0.2, 0.25) is 0 Å². The van der Waals surface area contributed by atoms with Crippen molar-refractivity contribution in [1.29, 1.82) is 0 Å². The molecule has 1 aliphatic rings. The maximum Gasteiger partial charge on any atom is 0.256 e. The molecule has 0 unspecified atom stereocenters. The molecule has 1 heterocycles. The third kappa shape index (κ3) is 2.90. The lowest BCUT2D eigenvalue weighted by Crippen LogP contribution is -2.51. The van der Waals surface area contributed by atoms with Gasteiger partial charge in [-0.15, -0.1) is 0 Å². The van der Waals surface area contributed by atoms with Crippen LogP contribution in [0.4, 0.5) is 14.5 Å². The van der Waals surface area contributed by atoms with Crippen LogP contribution in [0.1, 0.15) is 12.8 Å². The zero-order valence-corrected chi connectivity index (χ0v) is 10.6. The Labute approximate surface area is 110 Å². The van der Waals surface area contributed by atoms with Crippen LogP contribution >= 0.6 is 0 Å². The van der Waals surface area contributed by atoms with E-state index in [2.05, 4.69) is 10.6 Å². The second-order valence-electron chi connectivity index (χ2n) is 4.53. The Hall–Kier alpha value is -1.53. The first kappa shape index (κ1) is 13.9. The van der Waals surface area contributed by atoms with Gasteiger partial charge < -0.3 is 15.4 Å². The first-order chi connectivity index (χ1) is 9.07. The number of amides is 1. The molecule has 0 saturated carbocycles. The number of carbonyl (C=O) groups excluding carboxylic acids is 1. The van der Waals surface area contributed by atoms with Crippen molar-refractivity contribution >= 4 is 11.6 Å². The second kappa shape index (κ2) is 5.63. The van der Waals surface area contributed by atoms with E-state index in [1.807, 2.05) is 0 Å². The number of hydrogen-bond acceptors (Lipinski definition) is 3. The number of hydrogen-bond donors (Lipinski definition) is 2. The Bertz CT molecular complexity index is 474. The van der Waals surface area contributed by atoms with E-state index >= 15 is 0 Å². The summed E-state index contributed by atoms with van der Waals surface area (Å²) < 4.78 is 31.2. The molecule has 1 fully saturated rings. The molecule has 1 aromatic rings. The van der Waals surface area contributed by atoms with Gasteiger partial charge in [-0.3, -0.25) is 4.79 Å². The van der Waals surface area contributed by atoms with E-state index in [0.29, 0.717) is 25.9 Å². The average Bonchev–Trinajstić information content (AvgIpc) is 2.43. The molecule has 1 aliphatic heterocycles. The lowest BCUT2D eigenvalue weighted by Gasteiger charge is -2.34. The maximum absolute atomic E-state index is 13.1. The van der Waals surface area contributed by atoms with Gasteiger partial charge in [0.1, 0.15) is 5.60 Å². The molecular weight excluding hydrogens is 254 g/mol. The third-order valence-electron chi connectivity index (χ3n) is 3.39. The molecule has 0 aromatic heterocycles. The van der Waals surface area contributed by atoms with Gasteiger partial charge in [-0.1, -0.05) is 0 Å². The molecule has 0 atom stereocenters. The van der Waals surface area contributed by atoms with Crippen molar-refractivity contribution in [2.75, 3.05) is 25.5 Å². The summed E-state index contributed by atoms with van der Waals surface area (Å²) in [5, 5.41) is 5.71. The molecule has 19 heavy (non-hydrogen) atoms. The van der Waals surface area contributed by atoms with Gasteiger partial charge in [-0.2, -0.15) is 0 Å². The van der Waals surface area contributed by atoms with Gasteiger partial charge in [0.15, 0.2) is 11.6 Å². The summed E-state index contributed by atoms with van der Waals surface area (Å²) in [6.07, 6.45) is 1.08. The first-order valence-electron chi connectivity index (χ1n) is 6.10. The predicted octanol–water partition coefficient (Wildman–Crippen LogP) is 1.67. The van der Waals surface area contributed by atoms with Crippen LogP contribution in [0.15, 0.2) is 18.2 Å². The van der Waals surface area contributed by atoms with Crippen molar-refractivity contribution in [3.05, 3.63) is 29.8 Å². The minimum Gasteiger partial charge on any atom is -0.368 e. The molecule has 4 nitrogen and oxygen atoms in total. The highest BCUT2D eigenvalue weighted by Crippen LogP contribution is 2.25. The zero-order valence-electron chi connectivity index (χ0n) is 10.6. The fourth-order valence-corrected chi connectivity index (χ4v) is 2.17. The number of anilines is 1. The Balaban J connectivity index is 2.12. The van der Waals surface area contributed by atoms with Crippen molar-refractivity contribution in [3.63, 3.8) is 0 Å². The largest absolute Gasteiger partial charge is 0.368 e. The van der Waals surface area contributed by atoms with E-state index in [1.165, 1.54) is 13.2 Å². The highest BCUT2D eigenvalue weighted by molar-refractivity contribution is 5.97. The molecule has 0 aliphatic carbocycles. The molecule has 1 saturated heterocycles. The Morgan fingerprint density at radius 2 is 2.00 bits per heavy atom. The minimum atomic E-state index is -0.991. The van der Waals surface area contributed by atoms with Gasteiger partial charge in [0.25, 0.3) is 5.91 Å². The highest BCUT2D eigenvalue weighted by atomic mass is 19.2. The third-order valence-corrected chi connectivity index (χ3v) is 3.39. The van der Waals surface area contributed by atoms with Crippen LogP contribution in [0.3, 0.4) is 0 Å². The van der Waals surface area contributed by atoms with E-state index in [9.17, 15) is 13.6 Å². The summed E-state index contributed by atoms with van der Waals surface area (Å²) in [4.78, 5) is 12.2. The monoisotopic (exact) mass is 270 g/mol. The number of benzene rings is 1.